The summed E-state index contributed by atoms with van der Waals surface area (Å²) in [6, 6.07) is 6.26. The third-order valence-electron chi connectivity index (χ3n) is 5.19. The normalized spacial score (nSPS) is 35.0. The van der Waals surface area contributed by atoms with Crippen LogP contribution in [0, 0.1) is 0 Å². The predicted molar refractivity (Wildman–Crippen MR) is 95.6 cm³/mol. The topological polar surface area (TPSA) is 112 Å². The number of benzene rings is 1. The van der Waals surface area contributed by atoms with Crippen LogP contribution in [0.15, 0.2) is 36.3 Å². The summed E-state index contributed by atoms with van der Waals surface area (Å²) in [4.78, 5) is 23.6. The van der Waals surface area contributed by atoms with E-state index < -0.39 is 68.9 Å². The van der Waals surface area contributed by atoms with E-state index in [2.05, 4.69) is 0 Å². The van der Waals surface area contributed by atoms with Crippen LogP contribution in [0.5, 0.6) is 5.75 Å². The molecule has 0 spiro atoms. The summed E-state index contributed by atoms with van der Waals surface area (Å²) in [6.45, 7) is -1.58. The summed E-state index contributed by atoms with van der Waals surface area (Å²) in [5, 5.41) is 10.2. The molecule has 0 bridgehead atoms. The van der Waals surface area contributed by atoms with Gasteiger partial charge in [-0.25, -0.2) is 22.1 Å². The lowest BCUT2D eigenvalue weighted by atomic mass is 9.97. The number of carbonyl (C=O) groups excluding carboxylic acids is 2. The number of hydrogen-bond donors (Lipinski definition) is 1. The predicted octanol–water partition coefficient (Wildman–Crippen LogP) is 2.39. The number of aliphatic hydroxyl groups excluding tert-OH is 1. The molecule has 9 nitrogen and oxygen atoms in total. The number of fused-ring (bicyclic) bond motifs is 1. The van der Waals surface area contributed by atoms with Crippen molar-refractivity contribution < 1.29 is 55.1 Å². The number of amides is 1. The number of hydrogen-bond acceptors (Lipinski definition) is 8. The van der Waals surface area contributed by atoms with E-state index in [0.29, 0.717) is 11.8 Å². The van der Waals surface area contributed by atoms with Gasteiger partial charge in [0.15, 0.2) is 23.8 Å². The Labute approximate surface area is 178 Å². The van der Waals surface area contributed by atoms with Crippen LogP contribution in [0.4, 0.5) is 17.6 Å². The largest absolute Gasteiger partial charge is 0.530 e. The molecule has 0 saturated carbocycles. The first-order chi connectivity index (χ1) is 15.1. The number of aliphatic hydroxyl groups is 1. The van der Waals surface area contributed by atoms with Gasteiger partial charge in [-0.2, -0.15) is 0 Å². The van der Waals surface area contributed by atoms with Crippen LogP contribution >= 0.6 is 7.82 Å². The van der Waals surface area contributed by atoms with Crippen molar-refractivity contribution in [3.63, 3.8) is 0 Å². The van der Waals surface area contributed by atoms with Crippen LogP contribution in [0.2, 0.25) is 0 Å². The Hall–Kier alpha value is -2.31. The van der Waals surface area contributed by atoms with E-state index in [1.165, 1.54) is 6.07 Å². The Kier molecular flexibility index (Phi) is 5.88. The van der Waals surface area contributed by atoms with Crippen LogP contribution in [-0.2, 0) is 34.5 Å². The first kappa shape index (κ1) is 22.9. The number of nitrogens with zero attached hydrogens (tertiary/aromatic N) is 1. The van der Waals surface area contributed by atoms with Gasteiger partial charge in [0.1, 0.15) is 11.9 Å². The van der Waals surface area contributed by atoms with Gasteiger partial charge in [-0.05, 0) is 6.07 Å². The Morgan fingerprint density at radius 2 is 2.03 bits per heavy atom. The first-order valence-electron chi connectivity index (χ1n) is 9.23. The zero-order chi connectivity index (χ0) is 23.3. The lowest BCUT2D eigenvalue weighted by Crippen LogP contribution is -2.52. The van der Waals surface area contributed by atoms with Crippen molar-refractivity contribution in [3.05, 3.63) is 41.9 Å². The molecule has 3 aliphatic heterocycles. The third-order valence-corrected chi connectivity index (χ3v) is 6.50. The van der Waals surface area contributed by atoms with E-state index in [0.717, 1.165) is 0 Å². The van der Waals surface area contributed by atoms with E-state index in [1.54, 1.807) is 18.2 Å². The number of phosphoric ester groups is 1. The standard InChI is InChI=1S/C18H16F4NO8P/c19-10-6-23(13(25)5-11(10)24)16-14(20)15(26)18(30-16,17(21)22)8-29-32(27)28-7-9-3-1-2-4-12(9)31-32/h1-4,6,14-17,26H,5,7-8H2/t14-,15+,16-,18-,32?/m1/s1. The number of ether oxygens (including phenoxy) is 1. The summed E-state index contributed by atoms with van der Waals surface area (Å²) < 4.78 is 89.1. The fourth-order valence-corrected chi connectivity index (χ4v) is 4.66. The number of phosphoric acid groups is 1. The average molecular weight is 481 g/mol. The van der Waals surface area contributed by atoms with E-state index in [9.17, 15) is 36.8 Å². The van der Waals surface area contributed by atoms with Crippen molar-refractivity contribution >= 4 is 19.5 Å². The molecule has 0 aliphatic carbocycles. The minimum Gasteiger partial charge on any atom is -0.404 e. The molecule has 5 atom stereocenters. The van der Waals surface area contributed by atoms with E-state index in [1.807, 2.05) is 0 Å². The minimum absolute atomic E-state index is 0.117. The smallest absolute Gasteiger partial charge is 0.404 e. The Morgan fingerprint density at radius 3 is 2.75 bits per heavy atom. The molecule has 1 unspecified atom stereocenters. The molecular formula is C18H16F4NO8P. The van der Waals surface area contributed by atoms with Crippen molar-refractivity contribution in [2.75, 3.05) is 6.61 Å². The molecule has 1 amide bonds. The second-order valence-electron chi connectivity index (χ2n) is 7.22. The second-order valence-corrected chi connectivity index (χ2v) is 8.82. The number of alkyl halides is 3. The van der Waals surface area contributed by atoms with Crippen LogP contribution in [0.3, 0.4) is 0 Å². The quantitative estimate of drug-likeness (QED) is 0.388. The van der Waals surface area contributed by atoms with Gasteiger partial charge in [0, 0.05) is 11.8 Å². The van der Waals surface area contributed by atoms with Gasteiger partial charge in [-0.15, -0.1) is 0 Å². The lowest BCUT2D eigenvalue weighted by molar-refractivity contribution is -0.201. The van der Waals surface area contributed by atoms with Gasteiger partial charge in [0.05, 0.1) is 19.6 Å². The molecule has 1 saturated heterocycles. The third kappa shape index (κ3) is 3.84. The Balaban J connectivity index is 1.55. The summed E-state index contributed by atoms with van der Waals surface area (Å²) >= 11 is 0. The van der Waals surface area contributed by atoms with E-state index >= 15 is 0 Å². The highest BCUT2D eigenvalue weighted by Gasteiger charge is 2.63. The SMILES string of the molecule is O=C1CC(=O)N([C@@H]2O[C@@](COP3(=O)OCc4ccccc4O3)(C(F)F)[C@@H](O)[C@H]2F)C=C1F. The summed E-state index contributed by atoms with van der Waals surface area (Å²) in [6.07, 6.45) is -11.7. The Bertz CT molecular complexity index is 1020. The van der Waals surface area contributed by atoms with Crippen molar-refractivity contribution in [2.24, 2.45) is 0 Å². The van der Waals surface area contributed by atoms with Crippen molar-refractivity contribution in [1.82, 2.24) is 4.90 Å². The molecule has 4 rings (SSSR count). The molecule has 174 valence electrons. The first-order valence-corrected chi connectivity index (χ1v) is 10.7. The number of allylic oxidation sites excluding steroid dienone is 1. The number of halogens is 4. The van der Waals surface area contributed by atoms with Crippen LogP contribution < -0.4 is 4.52 Å². The number of para-hydroxylation sites is 1. The molecule has 1 N–H and O–H groups in total. The van der Waals surface area contributed by atoms with Crippen LogP contribution in [-0.4, -0.2) is 58.8 Å². The van der Waals surface area contributed by atoms with Crippen LogP contribution in [0.1, 0.15) is 12.0 Å². The van der Waals surface area contributed by atoms with Gasteiger partial charge < -0.3 is 14.4 Å². The van der Waals surface area contributed by atoms with E-state index in [4.69, 9.17) is 18.3 Å². The number of rotatable bonds is 5. The lowest BCUT2D eigenvalue weighted by Gasteiger charge is -2.33. The molecule has 0 aromatic heterocycles. The zero-order valence-corrected chi connectivity index (χ0v) is 16.9. The van der Waals surface area contributed by atoms with Gasteiger partial charge in [-0.1, -0.05) is 18.2 Å². The highest BCUT2D eigenvalue weighted by Crippen LogP contribution is 2.55. The fourth-order valence-electron chi connectivity index (χ4n) is 3.40. The molecule has 1 aromatic rings. The molecule has 1 fully saturated rings. The molecule has 1 aromatic carbocycles. The molecule has 32 heavy (non-hydrogen) atoms. The maximum atomic E-state index is 14.8. The van der Waals surface area contributed by atoms with Crippen molar-refractivity contribution in [1.29, 1.82) is 0 Å². The van der Waals surface area contributed by atoms with E-state index in [-0.39, 0.29) is 17.3 Å². The second kappa shape index (κ2) is 8.23. The molecule has 14 heteroatoms. The van der Waals surface area contributed by atoms with Gasteiger partial charge in [-0.3, -0.25) is 23.5 Å². The molecule has 3 heterocycles. The van der Waals surface area contributed by atoms with Crippen molar-refractivity contribution in [2.45, 2.75) is 43.6 Å². The maximum Gasteiger partial charge on any atom is 0.530 e. The summed E-state index contributed by atoms with van der Waals surface area (Å²) in [5.74, 6) is -3.58. The van der Waals surface area contributed by atoms with Gasteiger partial charge in [0.2, 0.25) is 11.7 Å². The maximum absolute atomic E-state index is 14.8. The Morgan fingerprint density at radius 1 is 1.31 bits per heavy atom. The summed E-state index contributed by atoms with van der Waals surface area (Å²) in [5.41, 5.74) is -2.59. The van der Waals surface area contributed by atoms with Crippen LogP contribution in [0.25, 0.3) is 0 Å². The number of Topliss-reactive ketones (excluding diaryl/α,β-unsaturated/α-hetero) is 1. The van der Waals surface area contributed by atoms with Gasteiger partial charge >= 0.3 is 7.82 Å². The minimum atomic E-state index is -4.45. The monoisotopic (exact) mass is 481 g/mol. The highest BCUT2D eigenvalue weighted by molar-refractivity contribution is 7.49. The van der Waals surface area contributed by atoms with Crippen molar-refractivity contribution in [3.8, 4) is 5.75 Å². The molecule has 3 aliphatic rings. The number of ketones is 1. The zero-order valence-electron chi connectivity index (χ0n) is 16.0. The fraction of sp³-hybridized carbons (Fsp3) is 0.444. The summed E-state index contributed by atoms with van der Waals surface area (Å²) in [7, 11) is -4.45. The molecule has 0 radical (unpaired) electrons. The highest BCUT2D eigenvalue weighted by atomic mass is 31.2. The van der Waals surface area contributed by atoms with Gasteiger partial charge in [0.25, 0.3) is 6.43 Å². The molecular weight excluding hydrogens is 465 g/mol. The number of carbonyl (C=O) groups is 2. The average Bonchev–Trinajstić information content (AvgIpc) is 3.01.